The van der Waals surface area contributed by atoms with Gasteiger partial charge in [0, 0.05) is 31.8 Å². The molecule has 0 aromatic carbocycles. The average molecular weight is 360 g/mol. The Balaban J connectivity index is 1.76. The molecule has 0 aromatic rings. The van der Waals surface area contributed by atoms with Crippen LogP contribution in [0.2, 0.25) is 0 Å². The molecule has 3 aliphatic heterocycles. The molecule has 2 fully saturated rings. The first-order valence-electron chi connectivity index (χ1n) is 9.99. The van der Waals surface area contributed by atoms with Gasteiger partial charge in [0.15, 0.2) is 0 Å². The molecule has 1 aliphatic carbocycles. The van der Waals surface area contributed by atoms with Gasteiger partial charge >= 0.3 is 5.97 Å². The van der Waals surface area contributed by atoms with Crippen molar-refractivity contribution in [2.24, 2.45) is 11.3 Å². The summed E-state index contributed by atoms with van der Waals surface area (Å²) in [7, 11) is 1.40. The maximum atomic E-state index is 13.3. The highest BCUT2D eigenvalue weighted by atomic mass is 16.5. The van der Waals surface area contributed by atoms with Gasteiger partial charge in [0.1, 0.15) is 5.41 Å². The molecule has 4 rings (SSSR count). The lowest BCUT2D eigenvalue weighted by molar-refractivity contribution is -0.156. The molecule has 2 saturated heterocycles. The van der Waals surface area contributed by atoms with E-state index in [9.17, 15) is 14.4 Å². The normalized spacial score (nSPS) is 31.1. The summed E-state index contributed by atoms with van der Waals surface area (Å²) in [5, 5.41) is 0. The van der Waals surface area contributed by atoms with Gasteiger partial charge in [-0.1, -0.05) is 6.42 Å². The van der Waals surface area contributed by atoms with Gasteiger partial charge in [0.25, 0.3) is 0 Å². The van der Waals surface area contributed by atoms with E-state index in [0.29, 0.717) is 13.0 Å². The van der Waals surface area contributed by atoms with Crippen molar-refractivity contribution in [3.8, 4) is 0 Å². The molecule has 3 heterocycles. The zero-order chi connectivity index (χ0) is 18.3. The van der Waals surface area contributed by atoms with Crippen LogP contribution in [-0.2, 0) is 19.1 Å². The van der Waals surface area contributed by atoms with Crippen LogP contribution >= 0.6 is 0 Å². The van der Waals surface area contributed by atoms with E-state index in [1.807, 2.05) is 9.80 Å². The largest absolute Gasteiger partial charge is 0.468 e. The van der Waals surface area contributed by atoms with Gasteiger partial charge in [-0.2, -0.15) is 0 Å². The molecule has 6 heteroatoms. The van der Waals surface area contributed by atoms with Crippen LogP contribution in [0.4, 0.5) is 0 Å². The van der Waals surface area contributed by atoms with Crippen molar-refractivity contribution in [1.82, 2.24) is 9.80 Å². The lowest BCUT2D eigenvalue weighted by atomic mass is 9.70. The fraction of sp³-hybridized carbons (Fsp3) is 0.750. The lowest BCUT2D eigenvalue weighted by Crippen LogP contribution is -2.42. The predicted octanol–water partition coefficient (Wildman–Crippen LogP) is 2.24. The summed E-state index contributed by atoms with van der Waals surface area (Å²) in [6.45, 7) is 2.19. The van der Waals surface area contributed by atoms with Gasteiger partial charge in [-0.05, 0) is 50.5 Å². The number of hydrogen-bond donors (Lipinski definition) is 0. The van der Waals surface area contributed by atoms with E-state index in [4.69, 9.17) is 4.74 Å². The summed E-state index contributed by atoms with van der Waals surface area (Å²) in [4.78, 5) is 42.8. The summed E-state index contributed by atoms with van der Waals surface area (Å²) >= 11 is 0. The van der Waals surface area contributed by atoms with Crippen molar-refractivity contribution in [1.29, 1.82) is 0 Å². The van der Waals surface area contributed by atoms with Gasteiger partial charge < -0.3 is 14.5 Å². The molecular weight excluding hydrogens is 332 g/mol. The van der Waals surface area contributed by atoms with Crippen molar-refractivity contribution >= 4 is 17.8 Å². The van der Waals surface area contributed by atoms with Crippen LogP contribution in [0.25, 0.3) is 0 Å². The number of hydrogen-bond acceptors (Lipinski definition) is 4. The highest BCUT2D eigenvalue weighted by molar-refractivity contribution is 5.99. The molecule has 142 valence electrons. The maximum Gasteiger partial charge on any atom is 0.318 e. The number of methoxy groups -OCH3 is 1. The molecule has 0 spiro atoms. The number of nitrogens with zero attached hydrogens (tertiary/aromatic N) is 2. The van der Waals surface area contributed by atoms with Gasteiger partial charge in [0.05, 0.1) is 13.0 Å². The molecular formula is C20H28N2O4. The smallest absolute Gasteiger partial charge is 0.318 e. The second kappa shape index (κ2) is 6.71. The molecule has 0 saturated carbocycles. The SMILES string of the molecule is COC(=O)[C@@]12CCCCC3=C1N(CCC3)C(=O)[C@H]2CC(=O)N1CCCC1. The van der Waals surface area contributed by atoms with Gasteiger partial charge in [-0.3, -0.25) is 14.4 Å². The first-order chi connectivity index (χ1) is 12.6. The van der Waals surface area contributed by atoms with E-state index < -0.39 is 11.3 Å². The number of likely N-dealkylation sites (tertiary alicyclic amines) is 1. The van der Waals surface area contributed by atoms with Crippen molar-refractivity contribution in [3.05, 3.63) is 11.3 Å². The zero-order valence-electron chi connectivity index (χ0n) is 15.6. The molecule has 6 nitrogen and oxygen atoms in total. The van der Waals surface area contributed by atoms with E-state index in [2.05, 4.69) is 0 Å². The third kappa shape index (κ3) is 2.48. The number of carbonyl (C=O) groups excluding carboxylic acids is 3. The Morgan fingerprint density at radius 2 is 1.81 bits per heavy atom. The van der Waals surface area contributed by atoms with Crippen LogP contribution in [0.15, 0.2) is 11.3 Å². The average Bonchev–Trinajstić information content (AvgIpc) is 3.21. The van der Waals surface area contributed by atoms with E-state index in [1.54, 1.807) is 0 Å². The number of carbonyl (C=O) groups is 3. The minimum absolute atomic E-state index is 0.00960. The summed E-state index contributed by atoms with van der Waals surface area (Å²) in [6.07, 6.45) is 7.54. The van der Waals surface area contributed by atoms with Crippen LogP contribution in [0.3, 0.4) is 0 Å². The third-order valence-corrected chi connectivity index (χ3v) is 6.73. The Morgan fingerprint density at radius 3 is 2.54 bits per heavy atom. The highest BCUT2D eigenvalue weighted by Gasteiger charge is 2.63. The predicted molar refractivity (Wildman–Crippen MR) is 94.8 cm³/mol. The van der Waals surface area contributed by atoms with E-state index in [0.717, 1.165) is 63.7 Å². The van der Waals surface area contributed by atoms with E-state index in [1.165, 1.54) is 12.7 Å². The second-order valence-electron chi connectivity index (χ2n) is 8.06. The molecule has 4 aliphatic rings. The molecule has 0 bridgehead atoms. The minimum Gasteiger partial charge on any atom is -0.468 e. The third-order valence-electron chi connectivity index (χ3n) is 6.73. The van der Waals surface area contributed by atoms with Crippen molar-refractivity contribution < 1.29 is 19.1 Å². The van der Waals surface area contributed by atoms with Crippen LogP contribution in [0.5, 0.6) is 0 Å². The summed E-state index contributed by atoms with van der Waals surface area (Å²) in [5.74, 6) is -0.972. The summed E-state index contributed by atoms with van der Waals surface area (Å²) in [5.41, 5.74) is 1.19. The van der Waals surface area contributed by atoms with Gasteiger partial charge in [-0.25, -0.2) is 0 Å². The molecule has 0 N–H and O–H groups in total. The van der Waals surface area contributed by atoms with Crippen molar-refractivity contribution in [2.75, 3.05) is 26.7 Å². The molecule has 0 aromatic heterocycles. The number of amides is 2. The fourth-order valence-corrected chi connectivity index (χ4v) is 5.55. The molecule has 2 amide bonds. The summed E-state index contributed by atoms with van der Waals surface area (Å²) in [6, 6.07) is 0. The van der Waals surface area contributed by atoms with Gasteiger partial charge in [0.2, 0.25) is 11.8 Å². The maximum absolute atomic E-state index is 13.3. The number of ether oxygens (including phenoxy) is 1. The lowest BCUT2D eigenvalue weighted by Gasteiger charge is -2.35. The molecule has 26 heavy (non-hydrogen) atoms. The van der Waals surface area contributed by atoms with Crippen LogP contribution in [-0.4, -0.2) is 54.3 Å². The van der Waals surface area contributed by atoms with Crippen LogP contribution < -0.4 is 0 Å². The van der Waals surface area contributed by atoms with E-state index >= 15 is 0 Å². The number of rotatable bonds is 3. The zero-order valence-corrected chi connectivity index (χ0v) is 15.6. The topological polar surface area (TPSA) is 66.9 Å². The quantitative estimate of drug-likeness (QED) is 0.724. The molecule has 2 atom stereocenters. The van der Waals surface area contributed by atoms with Crippen LogP contribution in [0.1, 0.15) is 57.8 Å². The fourth-order valence-electron chi connectivity index (χ4n) is 5.55. The van der Waals surface area contributed by atoms with Crippen molar-refractivity contribution in [3.63, 3.8) is 0 Å². The first kappa shape index (κ1) is 17.6. The Kier molecular flexibility index (Phi) is 4.53. The standard InChI is InChI=1S/C20H28N2O4/c1-26-19(25)20-9-3-2-7-14-8-6-12-22(17(14)20)18(24)15(20)13-16(23)21-10-4-5-11-21/h15H,2-13H2,1H3/t15-,20-/m1/s1. The van der Waals surface area contributed by atoms with Crippen LogP contribution in [0, 0.1) is 11.3 Å². The van der Waals surface area contributed by atoms with E-state index in [-0.39, 0.29) is 24.2 Å². The van der Waals surface area contributed by atoms with Gasteiger partial charge in [-0.15, -0.1) is 0 Å². The Morgan fingerprint density at radius 1 is 1.08 bits per heavy atom. The second-order valence-corrected chi connectivity index (χ2v) is 8.06. The monoisotopic (exact) mass is 360 g/mol. The molecule has 0 unspecified atom stereocenters. The van der Waals surface area contributed by atoms with Crippen molar-refractivity contribution in [2.45, 2.75) is 57.8 Å². The Hall–Kier alpha value is -1.85. The Bertz CT molecular complexity index is 665. The first-order valence-corrected chi connectivity index (χ1v) is 9.99. The molecule has 0 radical (unpaired) electrons. The minimum atomic E-state index is -0.951. The summed E-state index contributed by atoms with van der Waals surface area (Å²) < 4.78 is 5.22. The highest BCUT2D eigenvalue weighted by Crippen LogP contribution is 2.56. The number of allylic oxidation sites excluding steroid dienone is 1. The Labute approximate surface area is 154 Å². The number of esters is 1.